The van der Waals surface area contributed by atoms with Gasteiger partial charge in [-0.15, -0.1) is 0 Å². The van der Waals surface area contributed by atoms with Gasteiger partial charge in [-0.1, -0.05) is 18.9 Å². The Labute approximate surface area is 108 Å². The quantitative estimate of drug-likeness (QED) is 0.735. The second kappa shape index (κ2) is 6.91. The van der Waals surface area contributed by atoms with Gasteiger partial charge in [0.25, 0.3) is 0 Å². The average molecular weight is 244 g/mol. The fraction of sp³-hybridized carbons (Fsp3) is 0.429. The van der Waals surface area contributed by atoms with Gasteiger partial charge in [-0.2, -0.15) is 0 Å². The highest BCUT2D eigenvalue weighted by atomic mass is 14.9. The van der Waals surface area contributed by atoms with Crippen molar-refractivity contribution < 1.29 is 0 Å². The van der Waals surface area contributed by atoms with Crippen molar-refractivity contribution in [3.63, 3.8) is 0 Å². The molecule has 0 atom stereocenters. The molecular formula is C14H20N4. The average Bonchev–Trinajstić information content (AvgIpc) is 2.88. The zero-order chi connectivity index (χ0) is 12.6. The van der Waals surface area contributed by atoms with E-state index in [2.05, 4.69) is 15.0 Å². The molecule has 18 heavy (non-hydrogen) atoms. The van der Waals surface area contributed by atoms with Crippen LogP contribution in [0.2, 0.25) is 0 Å². The molecule has 0 aliphatic heterocycles. The van der Waals surface area contributed by atoms with Crippen LogP contribution in [0.3, 0.4) is 0 Å². The Morgan fingerprint density at radius 1 is 1.06 bits per heavy atom. The molecule has 0 fully saturated rings. The molecule has 4 heteroatoms. The molecule has 0 radical (unpaired) electrons. The van der Waals surface area contributed by atoms with Gasteiger partial charge in [-0.3, -0.25) is 4.98 Å². The van der Waals surface area contributed by atoms with Crippen molar-refractivity contribution in [3.8, 4) is 11.4 Å². The Kier molecular flexibility index (Phi) is 4.90. The lowest BCUT2D eigenvalue weighted by molar-refractivity contribution is 0.638. The van der Waals surface area contributed by atoms with E-state index < -0.39 is 0 Å². The van der Waals surface area contributed by atoms with Crippen molar-refractivity contribution in [3.05, 3.63) is 36.4 Å². The summed E-state index contributed by atoms with van der Waals surface area (Å²) < 4.78 is 0. The largest absolute Gasteiger partial charge is 0.341 e. The molecule has 2 heterocycles. The normalized spacial score (nSPS) is 10.7. The smallest absolute Gasteiger partial charge is 0.106 e. The van der Waals surface area contributed by atoms with E-state index in [9.17, 15) is 0 Å². The minimum absolute atomic E-state index is 0.796. The number of hydrogen-bond donors (Lipinski definition) is 2. The lowest BCUT2D eigenvalue weighted by Gasteiger charge is -1.98. The summed E-state index contributed by atoms with van der Waals surface area (Å²) in [5, 5.41) is 0. The van der Waals surface area contributed by atoms with E-state index in [1.807, 2.05) is 24.4 Å². The predicted molar refractivity (Wildman–Crippen MR) is 73.0 cm³/mol. The van der Waals surface area contributed by atoms with Crippen LogP contribution in [0, 0.1) is 0 Å². The van der Waals surface area contributed by atoms with E-state index in [4.69, 9.17) is 5.73 Å². The third-order valence-corrected chi connectivity index (χ3v) is 2.94. The summed E-state index contributed by atoms with van der Waals surface area (Å²) in [5.74, 6) is 1.04. The minimum atomic E-state index is 0.796. The number of aromatic amines is 1. The number of nitrogens with two attached hydrogens (primary N) is 1. The van der Waals surface area contributed by atoms with Crippen LogP contribution in [-0.4, -0.2) is 21.5 Å². The summed E-state index contributed by atoms with van der Waals surface area (Å²) in [7, 11) is 0. The number of aryl methyl sites for hydroxylation is 1. The van der Waals surface area contributed by atoms with Gasteiger partial charge in [-0.25, -0.2) is 4.98 Å². The van der Waals surface area contributed by atoms with Crippen LogP contribution >= 0.6 is 0 Å². The molecule has 2 aromatic heterocycles. The van der Waals surface area contributed by atoms with E-state index in [0.717, 1.165) is 43.0 Å². The van der Waals surface area contributed by atoms with Crippen LogP contribution < -0.4 is 5.73 Å². The molecule has 0 bridgehead atoms. The molecule has 0 aromatic carbocycles. The number of unbranched alkanes of at least 4 members (excludes halogenated alkanes) is 3. The maximum absolute atomic E-state index is 5.46. The van der Waals surface area contributed by atoms with Crippen molar-refractivity contribution in [1.82, 2.24) is 15.0 Å². The van der Waals surface area contributed by atoms with Gasteiger partial charge in [0.15, 0.2) is 0 Å². The van der Waals surface area contributed by atoms with E-state index in [1.165, 1.54) is 12.8 Å². The molecule has 96 valence electrons. The molecule has 0 saturated heterocycles. The third-order valence-electron chi connectivity index (χ3n) is 2.94. The number of aromatic nitrogens is 3. The zero-order valence-electron chi connectivity index (χ0n) is 10.6. The van der Waals surface area contributed by atoms with Gasteiger partial charge < -0.3 is 10.7 Å². The summed E-state index contributed by atoms with van der Waals surface area (Å²) in [5.41, 5.74) is 7.40. The first kappa shape index (κ1) is 12.8. The van der Waals surface area contributed by atoms with E-state index in [-0.39, 0.29) is 0 Å². The highest BCUT2D eigenvalue weighted by Gasteiger charge is 2.03. The van der Waals surface area contributed by atoms with Gasteiger partial charge >= 0.3 is 0 Å². The van der Waals surface area contributed by atoms with Crippen LogP contribution in [0.5, 0.6) is 0 Å². The second-order valence-electron chi connectivity index (χ2n) is 4.41. The fourth-order valence-electron chi connectivity index (χ4n) is 1.93. The van der Waals surface area contributed by atoms with Gasteiger partial charge in [0.1, 0.15) is 5.82 Å². The number of nitrogens with zero attached hydrogens (tertiary/aromatic N) is 2. The first-order chi connectivity index (χ1) is 8.90. The van der Waals surface area contributed by atoms with Crippen molar-refractivity contribution >= 4 is 0 Å². The maximum atomic E-state index is 5.46. The number of pyridine rings is 1. The molecule has 2 rings (SSSR count). The Hall–Kier alpha value is -1.68. The van der Waals surface area contributed by atoms with Gasteiger partial charge in [0.2, 0.25) is 0 Å². The third kappa shape index (κ3) is 3.67. The van der Waals surface area contributed by atoms with Gasteiger partial charge in [-0.05, 0) is 31.5 Å². The van der Waals surface area contributed by atoms with E-state index in [1.54, 1.807) is 6.20 Å². The molecule has 2 aromatic rings. The Morgan fingerprint density at radius 2 is 1.94 bits per heavy atom. The molecule has 0 amide bonds. The lowest BCUT2D eigenvalue weighted by atomic mass is 10.1. The van der Waals surface area contributed by atoms with Crippen LogP contribution in [-0.2, 0) is 6.42 Å². The second-order valence-corrected chi connectivity index (χ2v) is 4.41. The molecule has 0 aliphatic carbocycles. The van der Waals surface area contributed by atoms with Crippen molar-refractivity contribution in [2.45, 2.75) is 32.1 Å². The molecular weight excluding hydrogens is 224 g/mol. The highest BCUT2D eigenvalue weighted by Crippen LogP contribution is 2.14. The SMILES string of the molecule is NCCCCCCc1ncc(-c2ccccn2)[nH]1. The molecule has 0 unspecified atom stereocenters. The Morgan fingerprint density at radius 3 is 2.72 bits per heavy atom. The van der Waals surface area contributed by atoms with Gasteiger partial charge in [0.05, 0.1) is 17.6 Å². The summed E-state index contributed by atoms with van der Waals surface area (Å²) in [6, 6.07) is 5.88. The summed E-state index contributed by atoms with van der Waals surface area (Å²) in [6.07, 6.45) is 9.37. The van der Waals surface area contributed by atoms with Gasteiger partial charge in [0, 0.05) is 12.6 Å². The lowest BCUT2D eigenvalue weighted by Crippen LogP contribution is -1.98. The summed E-state index contributed by atoms with van der Waals surface area (Å²) in [6.45, 7) is 0.796. The van der Waals surface area contributed by atoms with E-state index in [0.29, 0.717) is 0 Å². The van der Waals surface area contributed by atoms with Crippen LogP contribution in [0.15, 0.2) is 30.6 Å². The summed E-state index contributed by atoms with van der Waals surface area (Å²) in [4.78, 5) is 12.0. The molecule has 0 aliphatic rings. The molecule has 0 saturated carbocycles. The first-order valence-corrected chi connectivity index (χ1v) is 6.55. The predicted octanol–water partition coefficient (Wildman–Crippen LogP) is 2.53. The first-order valence-electron chi connectivity index (χ1n) is 6.55. The minimum Gasteiger partial charge on any atom is -0.341 e. The summed E-state index contributed by atoms with van der Waals surface area (Å²) >= 11 is 0. The maximum Gasteiger partial charge on any atom is 0.106 e. The van der Waals surface area contributed by atoms with Crippen molar-refractivity contribution in [2.75, 3.05) is 6.54 Å². The Balaban J connectivity index is 1.83. The van der Waals surface area contributed by atoms with Crippen LogP contribution in [0.25, 0.3) is 11.4 Å². The number of nitrogens with one attached hydrogen (secondary N) is 1. The topological polar surface area (TPSA) is 67.6 Å². The van der Waals surface area contributed by atoms with Crippen molar-refractivity contribution in [2.24, 2.45) is 5.73 Å². The highest BCUT2D eigenvalue weighted by molar-refractivity contribution is 5.52. The monoisotopic (exact) mass is 244 g/mol. The number of imidazole rings is 1. The molecule has 3 N–H and O–H groups in total. The number of rotatable bonds is 7. The standard InChI is InChI=1S/C14H20N4/c15-9-5-2-1-3-8-14-17-11-13(18-14)12-7-4-6-10-16-12/h4,6-7,10-11H,1-3,5,8-9,15H2,(H,17,18). The number of hydrogen-bond acceptors (Lipinski definition) is 3. The van der Waals surface area contributed by atoms with Crippen LogP contribution in [0.1, 0.15) is 31.5 Å². The number of H-pyrrole nitrogens is 1. The van der Waals surface area contributed by atoms with E-state index >= 15 is 0 Å². The molecule has 4 nitrogen and oxygen atoms in total. The van der Waals surface area contributed by atoms with Crippen molar-refractivity contribution in [1.29, 1.82) is 0 Å². The van der Waals surface area contributed by atoms with Crippen LogP contribution in [0.4, 0.5) is 0 Å². The molecule has 0 spiro atoms. The Bertz CT molecular complexity index is 450. The zero-order valence-corrected chi connectivity index (χ0v) is 10.6. The fourth-order valence-corrected chi connectivity index (χ4v) is 1.93.